The summed E-state index contributed by atoms with van der Waals surface area (Å²) in [5.41, 5.74) is 7.42. The van der Waals surface area contributed by atoms with Gasteiger partial charge in [-0.15, -0.1) is 0 Å². The number of rotatable bonds is 8. The molecule has 1 heterocycles. The zero-order valence-electron chi connectivity index (χ0n) is 14.8. The van der Waals surface area contributed by atoms with Gasteiger partial charge in [-0.05, 0) is 44.2 Å². The molecule has 1 fully saturated rings. The monoisotopic (exact) mass is 334 g/mol. The van der Waals surface area contributed by atoms with Gasteiger partial charge in [0.1, 0.15) is 12.6 Å². The molecule has 0 radical (unpaired) electrons. The zero-order chi connectivity index (χ0) is 17.8. The van der Waals surface area contributed by atoms with E-state index in [0.717, 1.165) is 56.3 Å². The van der Waals surface area contributed by atoms with Gasteiger partial charge in [-0.1, -0.05) is 0 Å². The van der Waals surface area contributed by atoms with E-state index in [9.17, 15) is 9.59 Å². The number of hydrogen-bond acceptors (Lipinski definition) is 6. The molecule has 24 heavy (non-hydrogen) atoms. The molecule has 0 aliphatic carbocycles. The third kappa shape index (κ3) is 6.39. The molecule has 4 N–H and O–H groups in total. The van der Waals surface area contributed by atoms with Crippen LogP contribution in [0.15, 0.2) is 18.2 Å². The summed E-state index contributed by atoms with van der Waals surface area (Å²) >= 11 is 0. The van der Waals surface area contributed by atoms with Gasteiger partial charge >= 0.3 is 0 Å². The van der Waals surface area contributed by atoms with Crippen LogP contribution in [-0.2, 0) is 11.3 Å². The Morgan fingerprint density at radius 1 is 1.29 bits per heavy atom. The van der Waals surface area contributed by atoms with Crippen LogP contribution in [0.25, 0.3) is 0 Å². The highest BCUT2D eigenvalue weighted by Gasteiger charge is 2.13. The van der Waals surface area contributed by atoms with E-state index in [1.165, 1.54) is 12.7 Å². The lowest BCUT2D eigenvalue weighted by atomic mass is 10.1. The number of nitrogens with zero attached hydrogens (tertiary/aromatic N) is 1. The van der Waals surface area contributed by atoms with Crippen LogP contribution in [0.1, 0.15) is 35.7 Å². The van der Waals surface area contributed by atoms with Crippen molar-refractivity contribution in [2.24, 2.45) is 5.73 Å². The first-order valence-corrected chi connectivity index (χ1v) is 8.53. The van der Waals surface area contributed by atoms with Crippen molar-refractivity contribution in [1.29, 1.82) is 0 Å². The Bertz CT molecular complexity index is 502. The van der Waals surface area contributed by atoms with Crippen molar-refractivity contribution < 1.29 is 9.59 Å². The smallest absolute Gasteiger partial charge is 0.150 e. The minimum Gasteiger partial charge on any atom is -0.369 e. The van der Waals surface area contributed by atoms with Crippen LogP contribution >= 0.6 is 0 Å². The highest BCUT2D eigenvalue weighted by atomic mass is 16.1. The summed E-state index contributed by atoms with van der Waals surface area (Å²) < 4.78 is 0. The van der Waals surface area contributed by atoms with Crippen molar-refractivity contribution in [3.05, 3.63) is 29.3 Å². The van der Waals surface area contributed by atoms with Crippen molar-refractivity contribution in [2.75, 3.05) is 38.1 Å². The van der Waals surface area contributed by atoms with Crippen LogP contribution in [-0.4, -0.2) is 51.8 Å². The third-order valence-electron chi connectivity index (χ3n) is 4.09. The summed E-state index contributed by atoms with van der Waals surface area (Å²) in [5.74, 6) is 0. The molecule has 0 amide bonds. The van der Waals surface area contributed by atoms with E-state index in [2.05, 4.69) is 34.3 Å². The van der Waals surface area contributed by atoms with Gasteiger partial charge in [0.15, 0.2) is 0 Å². The fourth-order valence-corrected chi connectivity index (χ4v) is 2.68. The lowest BCUT2D eigenvalue weighted by Crippen LogP contribution is -2.43. The van der Waals surface area contributed by atoms with Gasteiger partial charge in [0, 0.05) is 56.4 Å². The first-order valence-electron chi connectivity index (χ1n) is 8.53. The van der Waals surface area contributed by atoms with Crippen LogP contribution in [0.3, 0.4) is 0 Å². The zero-order valence-corrected chi connectivity index (χ0v) is 14.8. The van der Waals surface area contributed by atoms with Crippen molar-refractivity contribution in [3.8, 4) is 0 Å². The third-order valence-corrected chi connectivity index (χ3v) is 4.09. The van der Waals surface area contributed by atoms with Gasteiger partial charge < -0.3 is 26.1 Å². The Kier molecular flexibility index (Phi) is 9.91. The summed E-state index contributed by atoms with van der Waals surface area (Å²) in [6.45, 7) is 6.67. The molecule has 1 saturated heterocycles. The Morgan fingerprint density at radius 2 is 2.00 bits per heavy atom. The molecular formula is C18H30N4O2. The summed E-state index contributed by atoms with van der Waals surface area (Å²) in [5, 5.41) is 6.73. The Balaban J connectivity index is 0.00000139. The summed E-state index contributed by atoms with van der Waals surface area (Å²) in [7, 11) is 1.50. The van der Waals surface area contributed by atoms with Crippen molar-refractivity contribution in [1.82, 2.24) is 10.6 Å². The van der Waals surface area contributed by atoms with Crippen LogP contribution in [0.2, 0.25) is 0 Å². The number of piperazine rings is 1. The second kappa shape index (κ2) is 11.7. The van der Waals surface area contributed by atoms with Gasteiger partial charge in [0.25, 0.3) is 0 Å². The van der Waals surface area contributed by atoms with Gasteiger partial charge in [0.05, 0.1) is 0 Å². The van der Waals surface area contributed by atoms with Crippen LogP contribution in [0.5, 0.6) is 0 Å². The summed E-state index contributed by atoms with van der Waals surface area (Å²) in [4.78, 5) is 24.0. The average molecular weight is 334 g/mol. The van der Waals surface area contributed by atoms with Crippen molar-refractivity contribution in [2.45, 2.75) is 32.4 Å². The molecule has 1 unspecified atom stereocenters. The second-order valence-electron chi connectivity index (χ2n) is 5.76. The maximum absolute atomic E-state index is 11.2. The lowest BCUT2D eigenvalue weighted by molar-refractivity contribution is -0.108. The van der Waals surface area contributed by atoms with Gasteiger partial charge in [-0.3, -0.25) is 4.79 Å². The number of carbonyl (C=O) groups is 2. The van der Waals surface area contributed by atoms with Crippen molar-refractivity contribution >= 4 is 18.3 Å². The van der Waals surface area contributed by atoms with Crippen LogP contribution in [0, 0.1) is 0 Å². The largest absolute Gasteiger partial charge is 0.369 e. The maximum Gasteiger partial charge on any atom is 0.150 e. The molecule has 0 saturated carbocycles. The number of nitrogens with two attached hydrogens (primary N) is 1. The van der Waals surface area contributed by atoms with Gasteiger partial charge in [0.2, 0.25) is 0 Å². The van der Waals surface area contributed by atoms with E-state index in [1.807, 2.05) is 12.1 Å². The highest BCUT2D eigenvalue weighted by molar-refractivity contribution is 5.78. The molecule has 2 rings (SSSR count). The van der Waals surface area contributed by atoms with E-state index in [-0.39, 0.29) is 6.04 Å². The molecule has 1 aliphatic heterocycles. The number of hydrogen-bond donors (Lipinski definition) is 3. The molecule has 1 aromatic carbocycles. The van der Waals surface area contributed by atoms with E-state index < -0.39 is 0 Å². The van der Waals surface area contributed by atoms with Gasteiger partial charge in [-0.2, -0.15) is 0 Å². The minimum absolute atomic E-state index is 0.257. The van der Waals surface area contributed by atoms with E-state index in [4.69, 9.17) is 0 Å². The van der Waals surface area contributed by atoms with Crippen LogP contribution in [0.4, 0.5) is 5.69 Å². The molecule has 1 atom stereocenters. The van der Waals surface area contributed by atoms with Crippen molar-refractivity contribution in [3.63, 3.8) is 0 Å². The predicted octanol–water partition coefficient (Wildman–Crippen LogP) is 0.941. The molecule has 0 spiro atoms. The SMILES string of the molecule is CC(CCC=O)NCc1cc(N2CCNCC2)ccc1C=O.CN. The van der Waals surface area contributed by atoms with Gasteiger partial charge in [-0.25, -0.2) is 0 Å². The predicted molar refractivity (Wildman–Crippen MR) is 98.6 cm³/mol. The molecular weight excluding hydrogens is 304 g/mol. The molecule has 134 valence electrons. The Hall–Kier alpha value is -1.76. The summed E-state index contributed by atoms with van der Waals surface area (Å²) in [6.07, 6.45) is 3.24. The second-order valence-corrected chi connectivity index (χ2v) is 5.76. The fourth-order valence-electron chi connectivity index (χ4n) is 2.68. The molecule has 1 aromatic rings. The first-order chi connectivity index (χ1) is 11.7. The average Bonchev–Trinajstić information content (AvgIpc) is 2.66. The molecule has 0 aromatic heterocycles. The van der Waals surface area contributed by atoms with E-state index in [1.54, 1.807) is 0 Å². The first kappa shape index (κ1) is 20.3. The van der Waals surface area contributed by atoms with Crippen LogP contribution < -0.4 is 21.3 Å². The van der Waals surface area contributed by atoms with E-state index >= 15 is 0 Å². The standard InChI is InChI=1S/C17H25N3O2.CH5N/c1-14(3-2-10-21)19-12-16-11-17(5-4-15(16)13-22)20-8-6-18-7-9-20;1-2/h4-5,10-11,13-14,18-19H,2-3,6-9,12H2,1H3;2H2,1H3. The highest BCUT2D eigenvalue weighted by Crippen LogP contribution is 2.19. The lowest BCUT2D eigenvalue weighted by Gasteiger charge is -2.30. The normalized spacial score (nSPS) is 15.2. The quantitative estimate of drug-likeness (QED) is 0.613. The fraction of sp³-hybridized carbons (Fsp3) is 0.556. The molecule has 1 aliphatic rings. The molecule has 6 heteroatoms. The number of anilines is 1. The Labute approximate surface area is 144 Å². The number of aldehydes is 2. The minimum atomic E-state index is 0.257. The molecule has 0 bridgehead atoms. The number of nitrogens with one attached hydrogen (secondary N) is 2. The number of carbonyl (C=O) groups excluding carboxylic acids is 2. The summed E-state index contributed by atoms with van der Waals surface area (Å²) in [6, 6.07) is 6.29. The maximum atomic E-state index is 11.2. The van der Waals surface area contributed by atoms with E-state index in [0.29, 0.717) is 13.0 Å². The Morgan fingerprint density at radius 3 is 2.62 bits per heavy atom. The topological polar surface area (TPSA) is 87.5 Å². The molecule has 6 nitrogen and oxygen atoms in total. The number of benzene rings is 1.